The Morgan fingerprint density at radius 3 is 2.38 bits per heavy atom. The van der Waals surface area contributed by atoms with Crippen molar-refractivity contribution in [3.63, 3.8) is 0 Å². The lowest BCUT2D eigenvalue weighted by Crippen LogP contribution is -2.11. The average molecular weight is 450 g/mol. The molecule has 4 nitrogen and oxygen atoms in total. The van der Waals surface area contributed by atoms with Gasteiger partial charge in [0.25, 0.3) is 0 Å². The summed E-state index contributed by atoms with van der Waals surface area (Å²) in [7, 11) is 0. The van der Waals surface area contributed by atoms with E-state index in [0.29, 0.717) is 5.69 Å². The summed E-state index contributed by atoms with van der Waals surface area (Å²) in [6.07, 6.45) is 3.90. The summed E-state index contributed by atoms with van der Waals surface area (Å²) in [5.74, 6) is 1.49. The zero-order valence-corrected chi connectivity index (χ0v) is 19.2. The lowest BCUT2D eigenvalue weighted by Gasteiger charge is -2.21. The van der Waals surface area contributed by atoms with Crippen molar-refractivity contribution in [2.24, 2.45) is 5.92 Å². The van der Waals surface area contributed by atoms with Gasteiger partial charge in [0.15, 0.2) is 5.78 Å². The van der Waals surface area contributed by atoms with Gasteiger partial charge in [0, 0.05) is 22.7 Å². The van der Waals surface area contributed by atoms with Gasteiger partial charge in [-0.25, -0.2) is 0 Å². The van der Waals surface area contributed by atoms with Gasteiger partial charge in [-0.3, -0.25) is 4.79 Å². The summed E-state index contributed by atoms with van der Waals surface area (Å²) in [6, 6.07) is 21.7. The van der Waals surface area contributed by atoms with Gasteiger partial charge in [0.2, 0.25) is 0 Å². The van der Waals surface area contributed by atoms with Gasteiger partial charge in [-0.1, -0.05) is 68.3 Å². The molecule has 0 aliphatic heterocycles. The number of benzene rings is 3. The molecule has 3 rings (SSSR count). The summed E-state index contributed by atoms with van der Waals surface area (Å²) in [6.45, 7) is 2.00. The molecule has 3 aromatic carbocycles. The fourth-order valence-electron chi connectivity index (χ4n) is 3.79. The SMILES string of the molecule is C[C@@H](CCCCCSC(c1cc(O)ccc1N)c1ccccc1O)C(=O)c1ccccc1. The molecule has 2 atom stereocenters. The van der Waals surface area contributed by atoms with Crippen molar-refractivity contribution in [1.29, 1.82) is 0 Å². The molecule has 1 unspecified atom stereocenters. The molecule has 3 aromatic rings. The molecule has 0 amide bonds. The van der Waals surface area contributed by atoms with Gasteiger partial charge < -0.3 is 15.9 Å². The zero-order valence-electron chi connectivity index (χ0n) is 18.4. The second kappa shape index (κ2) is 11.6. The van der Waals surface area contributed by atoms with E-state index >= 15 is 0 Å². The fourth-order valence-corrected chi connectivity index (χ4v) is 5.16. The molecule has 0 aromatic heterocycles. The number of hydrogen-bond acceptors (Lipinski definition) is 5. The molecule has 168 valence electrons. The molecule has 0 aliphatic rings. The van der Waals surface area contributed by atoms with Crippen molar-refractivity contribution in [1.82, 2.24) is 0 Å². The Bertz CT molecular complexity index is 1020. The minimum absolute atomic E-state index is 0.0196. The molecule has 0 heterocycles. The zero-order chi connectivity index (χ0) is 22.9. The van der Waals surface area contributed by atoms with Gasteiger partial charge in [-0.15, -0.1) is 11.8 Å². The number of carbonyl (C=O) groups is 1. The van der Waals surface area contributed by atoms with Crippen LogP contribution in [-0.4, -0.2) is 21.7 Å². The molecule has 0 radical (unpaired) electrons. The Balaban J connectivity index is 1.54. The predicted octanol–water partition coefficient (Wildman–Crippen LogP) is 6.58. The third kappa shape index (κ3) is 6.30. The second-order valence-corrected chi connectivity index (χ2v) is 9.32. The highest BCUT2D eigenvalue weighted by Gasteiger charge is 2.21. The van der Waals surface area contributed by atoms with E-state index in [1.165, 1.54) is 0 Å². The first kappa shape index (κ1) is 23.7. The lowest BCUT2D eigenvalue weighted by atomic mass is 9.94. The highest BCUT2D eigenvalue weighted by atomic mass is 32.2. The topological polar surface area (TPSA) is 83.6 Å². The summed E-state index contributed by atoms with van der Waals surface area (Å²) in [5.41, 5.74) is 9.17. The summed E-state index contributed by atoms with van der Waals surface area (Å²) >= 11 is 1.71. The molecule has 5 heteroatoms. The molecule has 0 aliphatic carbocycles. The molecule has 0 spiro atoms. The molecular formula is C27H31NO3S. The van der Waals surface area contributed by atoms with Crippen LogP contribution in [0.2, 0.25) is 0 Å². The number of unbranched alkanes of at least 4 members (excludes halogenated alkanes) is 2. The first-order valence-electron chi connectivity index (χ1n) is 11.0. The lowest BCUT2D eigenvalue weighted by molar-refractivity contribution is 0.0922. The maximum Gasteiger partial charge on any atom is 0.165 e. The molecule has 4 N–H and O–H groups in total. The minimum Gasteiger partial charge on any atom is -0.508 e. The maximum atomic E-state index is 12.5. The number of anilines is 1. The quantitative estimate of drug-likeness (QED) is 0.133. The number of rotatable bonds is 11. The van der Waals surface area contributed by atoms with Crippen molar-refractivity contribution >= 4 is 23.2 Å². The number of para-hydroxylation sites is 1. The molecule has 32 heavy (non-hydrogen) atoms. The normalized spacial score (nSPS) is 12.9. The van der Waals surface area contributed by atoms with Crippen molar-refractivity contribution in [3.8, 4) is 11.5 Å². The number of nitrogen functional groups attached to an aromatic ring is 1. The molecule has 0 saturated carbocycles. The van der Waals surface area contributed by atoms with Crippen LogP contribution >= 0.6 is 11.8 Å². The average Bonchev–Trinajstić information content (AvgIpc) is 2.81. The van der Waals surface area contributed by atoms with Gasteiger partial charge >= 0.3 is 0 Å². The van der Waals surface area contributed by atoms with Crippen LogP contribution in [-0.2, 0) is 0 Å². The highest BCUT2D eigenvalue weighted by Crippen LogP contribution is 2.43. The van der Waals surface area contributed by atoms with Crippen LogP contribution in [0, 0.1) is 5.92 Å². The molecule has 0 saturated heterocycles. The van der Waals surface area contributed by atoms with Gasteiger partial charge in [-0.05, 0) is 48.4 Å². The number of aromatic hydroxyl groups is 2. The van der Waals surface area contributed by atoms with Crippen LogP contribution in [0.1, 0.15) is 59.3 Å². The third-order valence-corrected chi connectivity index (χ3v) is 7.01. The molecular weight excluding hydrogens is 418 g/mol. The largest absolute Gasteiger partial charge is 0.508 e. The van der Waals surface area contributed by atoms with Crippen molar-refractivity contribution < 1.29 is 15.0 Å². The number of nitrogens with two attached hydrogens (primary N) is 1. The Kier molecular flexibility index (Phi) is 8.63. The Labute approximate surface area is 194 Å². The van der Waals surface area contributed by atoms with Crippen LogP contribution in [0.4, 0.5) is 5.69 Å². The van der Waals surface area contributed by atoms with E-state index in [4.69, 9.17) is 5.73 Å². The Morgan fingerprint density at radius 2 is 1.62 bits per heavy atom. The summed E-state index contributed by atoms with van der Waals surface area (Å²) < 4.78 is 0. The number of hydrogen-bond donors (Lipinski definition) is 3. The summed E-state index contributed by atoms with van der Waals surface area (Å²) in [5, 5.41) is 20.2. The predicted molar refractivity (Wildman–Crippen MR) is 133 cm³/mol. The Hall–Kier alpha value is -2.92. The first-order valence-corrected chi connectivity index (χ1v) is 12.1. The highest BCUT2D eigenvalue weighted by molar-refractivity contribution is 7.99. The van der Waals surface area contributed by atoms with Gasteiger partial charge in [-0.2, -0.15) is 0 Å². The number of Topliss-reactive ketones (excluding diaryl/α,β-unsaturated/α-hetero) is 1. The van der Waals surface area contributed by atoms with E-state index in [1.54, 1.807) is 42.1 Å². The van der Waals surface area contributed by atoms with E-state index in [0.717, 1.165) is 48.1 Å². The molecule has 0 fully saturated rings. The number of thioether (sulfide) groups is 1. The smallest absolute Gasteiger partial charge is 0.165 e. The maximum absolute atomic E-state index is 12.5. The number of ketones is 1. The van der Waals surface area contributed by atoms with E-state index in [2.05, 4.69) is 0 Å². The van der Waals surface area contributed by atoms with E-state index < -0.39 is 0 Å². The van der Waals surface area contributed by atoms with E-state index in [9.17, 15) is 15.0 Å². The van der Waals surface area contributed by atoms with Crippen molar-refractivity contribution in [2.45, 2.75) is 37.9 Å². The number of phenolic OH excluding ortho intramolecular Hbond substituents is 2. The Morgan fingerprint density at radius 1 is 0.906 bits per heavy atom. The summed E-state index contributed by atoms with van der Waals surface area (Å²) in [4.78, 5) is 12.5. The fraction of sp³-hybridized carbons (Fsp3) is 0.296. The van der Waals surface area contributed by atoms with Gasteiger partial charge in [0.05, 0.1) is 5.25 Å². The van der Waals surface area contributed by atoms with Crippen LogP contribution < -0.4 is 5.73 Å². The van der Waals surface area contributed by atoms with Crippen molar-refractivity contribution in [2.75, 3.05) is 11.5 Å². The first-order chi connectivity index (χ1) is 15.5. The van der Waals surface area contributed by atoms with Crippen LogP contribution in [0.3, 0.4) is 0 Å². The van der Waals surface area contributed by atoms with Crippen molar-refractivity contribution in [3.05, 3.63) is 89.5 Å². The van der Waals surface area contributed by atoms with Crippen LogP contribution in [0.5, 0.6) is 11.5 Å². The van der Waals surface area contributed by atoms with E-state index in [1.807, 2.05) is 49.4 Å². The monoisotopic (exact) mass is 449 g/mol. The van der Waals surface area contributed by atoms with Gasteiger partial charge in [0.1, 0.15) is 11.5 Å². The number of carbonyl (C=O) groups excluding carboxylic acids is 1. The van der Waals surface area contributed by atoms with Crippen LogP contribution in [0.25, 0.3) is 0 Å². The van der Waals surface area contributed by atoms with E-state index in [-0.39, 0.29) is 28.5 Å². The number of phenols is 2. The second-order valence-electron chi connectivity index (χ2n) is 8.10. The molecule has 0 bridgehead atoms. The third-order valence-electron chi connectivity index (χ3n) is 5.64. The van der Waals surface area contributed by atoms with Crippen LogP contribution in [0.15, 0.2) is 72.8 Å². The standard InChI is InChI=1S/C27H31NO3S/c1-19(26(31)20-11-5-2-6-12-20)10-4-3-9-17-32-27(22-13-7-8-14-25(22)30)23-18-21(29)15-16-24(23)28/h2,5-8,11-16,18-19,27,29-30H,3-4,9-10,17,28H2,1H3/t19-,27?/m0/s1. The minimum atomic E-state index is -0.165.